The van der Waals surface area contributed by atoms with E-state index in [4.69, 9.17) is 4.74 Å². The van der Waals surface area contributed by atoms with Crippen molar-refractivity contribution < 1.29 is 14.3 Å². The number of anilines is 1. The molecule has 174 valence electrons. The Balaban J connectivity index is 1.53. The summed E-state index contributed by atoms with van der Waals surface area (Å²) in [6, 6.07) is 9.39. The molecule has 1 aliphatic heterocycles. The van der Waals surface area contributed by atoms with Gasteiger partial charge in [-0.3, -0.25) is 14.6 Å². The van der Waals surface area contributed by atoms with Gasteiger partial charge in [0.2, 0.25) is 5.91 Å². The van der Waals surface area contributed by atoms with Crippen molar-refractivity contribution in [1.82, 2.24) is 19.4 Å². The molecule has 3 heterocycles. The van der Waals surface area contributed by atoms with Gasteiger partial charge < -0.3 is 19.5 Å². The number of nitrogens with one attached hydrogen (secondary N) is 1. The molecule has 33 heavy (non-hydrogen) atoms. The van der Waals surface area contributed by atoms with Gasteiger partial charge in [-0.15, -0.1) is 0 Å². The van der Waals surface area contributed by atoms with Crippen LogP contribution < -0.4 is 5.32 Å². The van der Waals surface area contributed by atoms with Crippen LogP contribution in [0.1, 0.15) is 48.7 Å². The summed E-state index contributed by atoms with van der Waals surface area (Å²) < 4.78 is 7.78. The minimum atomic E-state index is -0.193. The maximum Gasteiger partial charge on any atom is 0.253 e. The molecule has 1 N–H and O–H groups in total. The number of rotatable bonds is 8. The Bertz CT molecular complexity index is 1110. The number of imidazole rings is 1. The fraction of sp³-hybridized carbons (Fsp3) is 0.440. The molecule has 1 atom stereocenters. The molecule has 8 nitrogen and oxygen atoms in total. The van der Waals surface area contributed by atoms with E-state index in [0.717, 1.165) is 43.5 Å². The second kappa shape index (κ2) is 10.6. The second-order valence-corrected chi connectivity index (χ2v) is 8.59. The molecule has 0 saturated carbocycles. The molecule has 1 saturated heterocycles. The van der Waals surface area contributed by atoms with Gasteiger partial charge in [0.05, 0.1) is 29.2 Å². The molecule has 3 aromatic rings. The third kappa shape index (κ3) is 5.76. The molecule has 0 radical (unpaired) electrons. The van der Waals surface area contributed by atoms with Gasteiger partial charge in [-0.05, 0) is 49.9 Å². The van der Waals surface area contributed by atoms with E-state index in [2.05, 4.69) is 15.3 Å². The lowest BCUT2D eigenvalue weighted by Crippen LogP contribution is -2.31. The summed E-state index contributed by atoms with van der Waals surface area (Å²) in [5.41, 5.74) is 3.56. The lowest BCUT2D eigenvalue weighted by atomic mass is 10.1. The van der Waals surface area contributed by atoms with Crippen molar-refractivity contribution in [3.8, 4) is 0 Å². The van der Waals surface area contributed by atoms with Crippen LogP contribution >= 0.6 is 0 Å². The molecule has 2 aromatic heterocycles. The summed E-state index contributed by atoms with van der Waals surface area (Å²) in [5.74, 6) is -0.288. The third-order valence-corrected chi connectivity index (χ3v) is 6.01. The molecular weight excluding hydrogens is 418 g/mol. The Hall–Kier alpha value is -3.26. The van der Waals surface area contributed by atoms with Crippen molar-refractivity contribution in [2.24, 2.45) is 0 Å². The summed E-state index contributed by atoms with van der Waals surface area (Å²) in [6.45, 7) is 3.55. The minimum absolute atomic E-state index is 0.0950. The zero-order chi connectivity index (χ0) is 23.2. The number of benzene rings is 1. The Morgan fingerprint density at radius 3 is 2.85 bits per heavy atom. The van der Waals surface area contributed by atoms with Crippen LogP contribution in [0.4, 0.5) is 5.69 Å². The highest BCUT2D eigenvalue weighted by molar-refractivity contribution is 6.04. The number of carbonyl (C=O) groups excluding carboxylic acids is 2. The fourth-order valence-corrected chi connectivity index (χ4v) is 4.26. The van der Waals surface area contributed by atoms with E-state index in [0.29, 0.717) is 29.9 Å². The molecule has 1 unspecified atom stereocenters. The smallest absolute Gasteiger partial charge is 0.253 e. The Labute approximate surface area is 194 Å². The van der Waals surface area contributed by atoms with Crippen molar-refractivity contribution in [3.05, 3.63) is 54.1 Å². The minimum Gasteiger partial charge on any atom is -0.378 e. The number of amides is 2. The van der Waals surface area contributed by atoms with Crippen molar-refractivity contribution >= 4 is 28.5 Å². The van der Waals surface area contributed by atoms with Crippen LogP contribution in [0.2, 0.25) is 0 Å². The number of ether oxygens (including phenoxy) is 1. The van der Waals surface area contributed by atoms with E-state index < -0.39 is 0 Å². The molecule has 2 amide bonds. The standard InChI is InChI=1S/C25H31N5O3/c1-18(31)28-23-16-19(25(32)29(2)12-10-21-8-4-6-14-33-21)15-22-24(23)30(17-27-22)13-9-20-7-3-5-11-26-20/h3,5,7,11,15-17,21H,4,6,8-10,12-14H2,1-2H3,(H,28,31). The number of hydrogen-bond donors (Lipinski definition) is 1. The van der Waals surface area contributed by atoms with Gasteiger partial charge in [0, 0.05) is 57.5 Å². The van der Waals surface area contributed by atoms with Crippen LogP contribution in [0.3, 0.4) is 0 Å². The van der Waals surface area contributed by atoms with Crippen LogP contribution in [0, 0.1) is 0 Å². The summed E-state index contributed by atoms with van der Waals surface area (Å²) >= 11 is 0. The average Bonchev–Trinajstić information content (AvgIpc) is 3.25. The predicted molar refractivity (Wildman–Crippen MR) is 127 cm³/mol. The molecule has 0 bridgehead atoms. The molecule has 0 aliphatic carbocycles. The number of hydrogen-bond acceptors (Lipinski definition) is 5. The first-order chi connectivity index (χ1) is 16.0. The van der Waals surface area contributed by atoms with Crippen molar-refractivity contribution in [3.63, 3.8) is 0 Å². The number of aryl methyl sites for hydroxylation is 2. The number of carbonyl (C=O) groups is 2. The van der Waals surface area contributed by atoms with Crippen LogP contribution in [-0.4, -0.2) is 57.6 Å². The molecule has 1 aliphatic rings. The van der Waals surface area contributed by atoms with Crippen molar-refractivity contribution in [2.75, 3.05) is 25.5 Å². The first-order valence-corrected chi connectivity index (χ1v) is 11.5. The van der Waals surface area contributed by atoms with Crippen LogP contribution in [0.25, 0.3) is 11.0 Å². The summed E-state index contributed by atoms with van der Waals surface area (Å²) in [6.07, 6.45) is 8.66. The maximum atomic E-state index is 13.1. The quantitative estimate of drug-likeness (QED) is 0.567. The molecule has 0 spiro atoms. The number of nitrogens with zero attached hydrogens (tertiary/aromatic N) is 4. The topological polar surface area (TPSA) is 89.4 Å². The van der Waals surface area contributed by atoms with Gasteiger partial charge >= 0.3 is 0 Å². The average molecular weight is 450 g/mol. The first-order valence-electron chi connectivity index (χ1n) is 11.5. The second-order valence-electron chi connectivity index (χ2n) is 8.59. The van der Waals surface area contributed by atoms with Crippen LogP contribution in [0.5, 0.6) is 0 Å². The van der Waals surface area contributed by atoms with Gasteiger partial charge in [-0.1, -0.05) is 6.07 Å². The summed E-state index contributed by atoms with van der Waals surface area (Å²) in [7, 11) is 1.80. The molecule has 1 aromatic carbocycles. The highest BCUT2D eigenvalue weighted by Crippen LogP contribution is 2.26. The maximum absolute atomic E-state index is 13.1. The highest BCUT2D eigenvalue weighted by Gasteiger charge is 2.20. The normalized spacial score (nSPS) is 16.0. The zero-order valence-corrected chi connectivity index (χ0v) is 19.3. The molecule has 1 fully saturated rings. The van der Waals surface area contributed by atoms with Gasteiger partial charge in [0.25, 0.3) is 5.91 Å². The van der Waals surface area contributed by atoms with Gasteiger partial charge in [-0.25, -0.2) is 4.98 Å². The summed E-state index contributed by atoms with van der Waals surface area (Å²) in [5, 5.41) is 2.88. The van der Waals surface area contributed by atoms with E-state index in [-0.39, 0.29) is 17.9 Å². The van der Waals surface area contributed by atoms with Crippen LogP contribution in [-0.2, 0) is 22.5 Å². The number of fused-ring (bicyclic) bond motifs is 1. The number of pyridine rings is 1. The monoisotopic (exact) mass is 449 g/mol. The predicted octanol–water partition coefficient (Wildman–Crippen LogP) is 3.66. The van der Waals surface area contributed by atoms with E-state index in [1.807, 2.05) is 22.8 Å². The molecule has 8 heteroatoms. The lowest BCUT2D eigenvalue weighted by Gasteiger charge is -2.25. The first kappa shape index (κ1) is 22.9. The Morgan fingerprint density at radius 1 is 1.24 bits per heavy atom. The van der Waals surface area contributed by atoms with E-state index in [1.54, 1.807) is 36.6 Å². The van der Waals surface area contributed by atoms with E-state index >= 15 is 0 Å². The zero-order valence-electron chi connectivity index (χ0n) is 19.3. The highest BCUT2D eigenvalue weighted by atomic mass is 16.5. The SMILES string of the molecule is CC(=O)Nc1cc(C(=O)N(C)CCC2CCCCO2)cc2ncn(CCc3ccccn3)c12. The van der Waals surface area contributed by atoms with Crippen LogP contribution in [0.15, 0.2) is 42.9 Å². The summed E-state index contributed by atoms with van der Waals surface area (Å²) in [4.78, 5) is 35.7. The largest absolute Gasteiger partial charge is 0.378 e. The van der Waals surface area contributed by atoms with Gasteiger partial charge in [0.15, 0.2) is 0 Å². The van der Waals surface area contributed by atoms with E-state index in [9.17, 15) is 9.59 Å². The third-order valence-electron chi connectivity index (χ3n) is 6.01. The lowest BCUT2D eigenvalue weighted by molar-refractivity contribution is -0.114. The van der Waals surface area contributed by atoms with E-state index in [1.165, 1.54) is 13.3 Å². The Kier molecular flexibility index (Phi) is 7.34. The molecular formula is C25H31N5O3. The Morgan fingerprint density at radius 2 is 2.12 bits per heavy atom. The fourth-order valence-electron chi connectivity index (χ4n) is 4.26. The van der Waals surface area contributed by atoms with Crippen molar-refractivity contribution in [2.45, 2.75) is 51.7 Å². The number of aromatic nitrogens is 3. The van der Waals surface area contributed by atoms with Crippen molar-refractivity contribution in [1.29, 1.82) is 0 Å². The van der Waals surface area contributed by atoms with Gasteiger partial charge in [0.1, 0.15) is 0 Å². The van der Waals surface area contributed by atoms with Gasteiger partial charge in [-0.2, -0.15) is 0 Å². The molecule has 4 rings (SSSR count).